The Morgan fingerprint density at radius 1 is 1.05 bits per heavy atom. The number of benzene rings is 1. The van der Waals surface area contributed by atoms with Crippen LogP contribution in [-0.2, 0) is 16.0 Å². The molecule has 2 amide bonds. The number of hydrogen-bond donors (Lipinski definition) is 0. The molecule has 100 valence electrons. The summed E-state index contributed by atoms with van der Waals surface area (Å²) in [5, 5.41) is -0.364. The lowest BCUT2D eigenvalue weighted by Gasteiger charge is -2.19. The molecule has 1 unspecified atom stereocenters. The van der Waals surface area contributed by atoms with E-state index in [4.69, 9.17) is 23.2 Å². The van der Waals surface area contributed by atoms with Crippen LogP contribution in [0.1, 0.15) is 12.5 Å². The number of hydrogen-bond acceptors (Lipinski definition) is 2. The molecular formula is C14H13Cl2NO2. The Kier molecular flexibility index (Phi) is 4.27. The summed E-state index contributed by atoms with van der Waals surface area (Å²) < 4.78 is 0. The third-order valence-corrected chi connectivity index (χ3v) is 3.78. The van der Waals surface area contributed by atoms with Crippen LogP contribution in [0.4, 0.5) is 0 Å². The standard InChI is InChI=1S/C14H13Cl2NO2/c1-9(7-10-5-3-2-4-6-10)8-17-13(18)11(15)12(16)14(17)19/h2-6,9H,7-8H2,1H3. The molecule has 0 saturated heterocycles. The van der Waals surface area contributed by atoms with E-state index in [0.29, 0.717) is 6.54 Å². The van der Waals surface area contributed by atoms with Crippen molar-refractivity contribution in [3.05, 3.63) is 46.0 Å². The summed E-state index contributed by atoms with van der Waals surface area (Å²) >= 11 is 11.4. The van der Waals surface area contributed by atoms with Crippen molar-refractivity contribution in [2.45, 2.75) is 13.3 Å². The van der Waals surface area contributed by atoms with Crippen LogP contribution in [-0.4, -0.2) is 23.3 Å². The van der Waals surface area contributed by atoms with Gasteiger partial charge in [0.05, 0.1) is 0 Å². The van der Waals surface area contributed by atoms with Gasteiger partial charge in [-0.15, -0.1) is 0 Å². The van der Waals surface area contributed by atoms with E-state index in [9.17, 15) is 9.59 Å². The highest BCUT2D eigenvalue weighted by atomic mass is 35.5. The van der Waals surface area contributed by atoms with E-state index in [0.717, 1.165) is 11.3 Å². The molecule has 1 aliphatic rings. The van der Waals surface area contributed by atoms with E-state index in [1.807, 2.05) is 37.3 Å². The average molecular weight is 298 g/mol. The van der Waals surface area contributed by atoms with Crippen LogP contribution in [0.5, 0.6) is 0 Å². The summed E-state index contributed by atoms with van der Waals surface area (Å²) in [4.78, 5) is 24.6. The smallest absolute Gasteiger partial charge is 0.272 e. The molecule has 0 radical (unpaired) electrons. The summed E-state index contributed by atoms with van der Waals surface area (Å²) in [5.41, 5.74) is 1.17. The number of carbonyl (C=O) groups excluding carboxylic acids is 2. The monoisotopic (exact) mass is 297 g/mol. The maximum atomic E-state index is 11.7. The topological polar surface area (TPSA) is 37.4 Å². The number of nitrogens with zero attached hydrogens (tertiary/aromatic N) is 1. The van der Waals surface area contributed by atoms with E-state index in [-0.39, 0.29) is 16.0 Å². The van der Waals surface area contributed by atoms with Crippen molar-refractivity contribution >= 4 is 35.0 Å². The number of amides is 2. The molecule has 1 atom stereocenters. The molecule has 0 aliphatic carbocycles. The third-order valence-electron chi connectivity index (χ3n) is 2.98. The molecule has 0 bridgehead atoms. The Bertz CT molecular complexity index is 516. The summed E-state index contributed by atoms with van der Waals surface area (Å²) in [7, 11) is 0. The zero-order chi connectivity index (χ0) is 14.0. The summed E-state index contributed by atoms with van der Waals surface area (Å²) in [6, 6.07) is 9.91. The van der Waals surface area contributed by atoms with Gasteiger partial charge < -0.3 is 0 Å². The second-order valence-corrected chi connectivity index (χ2v) is 5.40. The third kappa shape index (κ3) is 2.99. The summed E-state index contributed by atoms with van der Waals surface area (Å²) in [5.74, 6) is -0.865. The van der Waals surface area contributed by atoms with Gasteiger partial charge in [0.25, 0.3) is 11.8 Å². The highest BCUT2D eigenvalue weighted by molar-refractivity contribution is 6.58. The fourth-order valence-electron chi connectivity index (χ4n) is 2.08. The number of rotatable bonds is 4. The van der Waals surface area contributed by atoms with Crippen molar-refractivity contribution in [1.82, 2.24) is 4.90 Å². The normalized spacial score (nSPS) is 17.3. The first-order chi connectivity index (χ1) is 9.00. The predicted molar refractivity (Wildman–Crippen MR) is 74.8 cm³/mol. The largest absolute Gasteiger partial charge is 0.274 e. The SMILES string of the molecule is CC(Cc1ccccc1)CN1C(=O)C(Cl)=C(Cl)C1=O. The maximum Gasteiger partial charge on any atom is 0.274 e. The number of carbonyl (C=O) groups is 2. The van der Waals surface area contributed by atoms with Crippen LogP contribution in [0.15, 0.2) is 40.4 Å². The van der Waals surface area contributed by atoms with Gasteiger partial charge in [-0.2, -0.15) is 0 Å². The average Bonchev–Trinajstić information content (AvgIpc) is 2.58. The van der Waals surface area contributed by atoms with E-state index in [1.165, 1.54) is 5.56 Å². The second kappa shape index (κ2) is 5.76. The zero-order valence-corrected chi connectivity index (χ0v) is 11.9. The lowest BCUT2D eigenvalue weighted by atomic mass is 10.0. The van der Waals surface area contributed by atoms with Gasteiger partial charge in [0.1, 0.15) is 10.1 Å². The van der Waals surface area contributed by atoms with Gasteiger partial charge in [-0.25, -0.2) is 0 Å². The van der Waals surface area contributed by atoms with Crippen molar-refractivity contribution in [2.75, 3.05) is 6.54 Å². The molecule has 0 aromatic heterocycles. The zero-order valence-electron chi connectivity index (χ0n) is 10.4. The first-order valence-electron chi connectivity index (χ1n) is 5.96. The highest BCUT2D eigenvalue weighted by Crippen LogP contribution is 2.27. The van der Waals surface area contributed by atoms with Gasteiger partial charge in [-0.05, 0) is 17.9 Å². The van der Waals surface area contributed by atoms with E-state index in [2.05, 4.69) is 0 Å². The van der Waals surface area contributed by atoms with Gasteiger partial charge in [0.15, 0.2) is 0 Å². The van der Waals surface area contributed by atoms with Crippen molar-refractivity contribution in [3.8, 4) is 0 Å². The van der Waals surface area contributed by atoms with E-state index in [1.54, 1.807) is 0 Å². The Morgan fingerprint density at radius 2 is 1.58 bits per heavy atom. The highest BCUT2D eigenvalue weighted by Gasteiger charge is 2.37. The summed E-state index contributed by atoms with van der Waals surface area (Å²) in [6.07, 6.45) is 0.785. The molecular weight excluding hydrogens is 285 g/mol. The molecule has 5 heteroatoms. The molecule has 1 aliphatic heterocycles. The Balaban J connectivity index is 1.99. The Labute approximate surface area is 121 Å². The van der Waals surface area contributed by atoms with Gasteiger partial charge in [-0.1, -0.05) is 60.5 Å². The van der Waals surface area contributed by atoms with Gasteiger partial charge in [-0.3, -0.25) is 14.5 Å². The van der Waals surface area contributed by atoms with Crippen molar-refractivity contribution < 1.29 is 9.59 Å². The molecule has 0 N–H and O–H groups in total. The van der Waals surface area contributed by atoms with Gasteiger partial charge in [0, 0.05) is 6.54 Å². The van der Waals surface area contributed by atoms with Crippen molar-refractivity contribution in [1.29, 1.82) is 0 Å². The van der Waals surface area contributed by atoms with Gasteiger partial charge in [0.2, 0.25) is 0 Å². The molecule has 0 saturated carbocycles. The Morgan fingerprint density at radius 3 is 2.11 bits per heavy atom. The molecule has 0 fully saturated rings. The Hall–Kier alpha value is -1.32. The van der Waals surface area contributed by atoms with E-state index >= 15 is 0 Å². The number of halogens is 2. The predicted octanol–water partition coefficient (Wildman–Crippen LogP) is 2.92. The molecule has 2 rings (SSSR count). The summed E-state index contributed by atoms with van der Waals surface area (Å²) in [6.45, 7) is 2.30. The second-order valence-electron chi connectivity index (χ2n) is 4.64. The van der Waals surface area contributed by atoms with Crippen LogP contribution >= 0.6 is 23.2 Å². The molecule has 1 aromatic carbocycles. The van der Waals surface area contributed by atoms with Crippen LogP contribution < -0.4 is 0 Å². The van der Waals surface area contributed by atoms with Crippen molar-refractivity contribution in [2.24, 2.45) is 5.92 Å². The van der Waals surface area contributed by atoms with Gasteiger partial charge >= 0.3 is 0 Å². The lowest BCUT2D eigenvalue weighted by Crippen LogP contribution is -2.35. The minimum Gasteiger partial charge on any atom is -0.272 e. The van der Waals surface area contributed by atoms with Crippen LogP contribution in [0.2, 0.25) is 0 Å². The van der Waals surface area contributed by atoms with Crippen molar-refractivity contribution in [3.63, 3.8) is 0 Å². The molecule has 1 aromatic rings. The minimum atomic E-state index is -0.503. The first-order valence-corrected chi connectivity index (χ1v) is 6.71. The van der Waals surface area contributed by atoms with Crippen LogP contribution in [0, 0.1) is 5.92 Å². The fourth-order valence-corrected chi connectivity index (χ4v) is 2.44. The first kappa shape index (κ1) is 14.1. The van der Waals surface area contributed by atoms with Crippen LogP contribution in [0.3, 0.4) is 0 Å². The molecule has 19 heavy (non-hydrogen) atoms. The lowest BCUT2D eigenvalue weighted by molar-refractivity contribution is -0.137. The quantitative estimate of drug-likeness (QED) is 0.802. The minimum absolute atomic E-state index is 0.141. The number of imide groups is 1. The van der Waals surface area contributed by atoms with Crippen LogP contribution in [0.25, 0.3) is 0 Å². The molecule has 1 heterocycles. The molecule has 0 spiro atoms. The maximum absolute atomic E-state index is 11.7. The fraction of sp³-hybridized carbons (Fsp3) is 0.286. The van der Waals surface area contributed by atoms with E-state index < -0.39 is 11.8 Å². The molecule has 3 nitrogen and oxygen atoms in total.